The Morgan fingerprint density at radius 1 is 1.50 bits per heavy atom. The van der Waals surface area contributed by atoms with Crippen LogP contribution in [0.4, 0.5) is 11.4 Å². The lowest BCUT2D eigenvalue weighted by molar-refractivity contribution is -0.117. The van der Waals surface area contributed by atoms with E-state index in [1.54, 1.807) is 18.2 Å². The van der Waals surface area contributed by atoms with Crippen molar-refractivity contribution in [2.75, 3.05) is 30.7 Å². The molecular formula is C15H22ClN3O. The molecule has 1 amide bonds. The van der Waals surface area contributed by atoms with Gasteiger partial charge < -0.3 is 11.1 Å². The molecule has 1 aromatic rings. The van der Waals surface area contributed by atoms with Gasteiger partial charge in [0, 0.05) is 12.2 Å². The molecule has 0 spiro atoms. The molecule has 1 fully saturated rings. The zero-order valence-corrected chi connectivity index (χ0v) is 12.6. The fourth-order valence-corrected chi connectivity index (χ4v) is 2.41. The molecule has 0 atom stereocenters. The van der Waals surface area contributed by atoms with Crippen molar-refractivity contribution in [1.82, 2.24) is 4.90 Å². The molecule has 5 heteroatoms. The monoisotopic (exact) mass is 295 g/mol. The first-order valence-corrected chi connectivity index (χ1v) is 7.53. The summed E-state index contributed by atoms with van der Waals surface area (Å²) in [6.45, 7) is 4.52. The first-order valence-electron chi connectivity index (χ1n) is 7.15. The number of anilines is 2. The van der Waals surface area contributed by atoms with Crippen molar-refractivity contribution in [2.24, 2.45) is 5.92 Å². The van der Waals surface area contributed by atoms with Crippen LogP contribution in [0.1, 0.15) is 26.2 Å². The van der Waals surface area contributed by atoms with Gasteiger partial charge in [0.05, 0.1) is 17.3 Å². The van der Waals surface area contributed by atoms with E-state index in [9.17, 15) is 4.79 Å². The molecule has 2 rings (SSSR count). The van der Waals surface area contributed by atoms with Crippen LogP contribution in [0.15, 0.2) is 18.2 Å². The number of hydrogen-bond acceptors (Lipinski definition) is 3. The third kappa shape index (κ3) is 4.69. The van der Waals surface area contributed by atoms with Gasteiger partial charge in [0.25, 0.3) is 0 Å². The Balaban J connectivity index is 1.90. The molecule has 1 aromatic carbocycles. The normalized spacial score (nSPS) is 14.6. The molecular weight excluding hydrogens is 274 g/mol. The summed E-state index contributed by atoms with van der Waals surface area (Å²) in [5.74, 6) is 0.747. The van der Waals surface area contributed by atoms with Crippen LogP contribution >= 0.6 is 11.6 Å². The maximum Gasteiger partial charge on any atom is 0.238 e. The van der Waals surface area contributed by atoms with Gasteiger partial charge in [-0.15, -0.1) is 0 Å². The maximum atomic E-state index is 12.1. The lowest BCUT2D eigenvalue weighted by Crippen LogP contribution is -2.35. The first kappa shape index (κ1) is 15.1. The Morgan fingerprint density at radius 2 is 2.25 bits per heavy atom. The summed E-state index contributed by atoms with van der Waals surface area (Å²) in [6.07, 6.45) is 3.64. The molecule has 0 aliphatic heterocycles. The van der Waals surface area contributed by atoms with E-state index in [0.717, 1.165) is 25.4 Å². The van der Waals surface area contributed by atoms with Crippen molar-refractivity contribution in [3.05, 3.63) is 23.2 Å². The summed E-state index contributed by atoms with van der Waals surface area (Å²) in [4.78, 5) is 14.3. The predicted molar refractivity (Wildman–Crippen MR) is 83.9 cm³/mol. The van der Waals surface area contributed by atoms with Crippen LogP contribution in [-0.4, -0.2) is 30.4 Å². The molecule has 0 unspecified atom stereocenters. The number of halogens is 1. The number of hydrogen-bond donors (Lipinski definition) is 2. The smallest absolute Gasteiger partial charge is 0.238 e. The van der Waals surface area contributed by atoms with Gasteiger partial charge in [0.1, 0.15) is 0 Å². The average molecular weight is 296 g/mol. The van der Waals surface area contributed by atoms with Gasteiger partial charge in [-0.2, -0.15) is 0 Å². The molecule has 4 nitrogen and oxygen atoms in total. The molecule has 0 aromatic heterocycles. The molecule has 0 saturated heterocycles. The number of carbonyl (C=O) groups excluding carboxylic acids is 1. The molecule has 1 saturated carbocycles. The van der Waals surface area contributed by atoms with Gasteiger partial charge in [0.15, 0.2) is 0 Å². The van der Waals surface area contributed by atoms with Gasteiger partial charge in [-0.25, -0.2) is 0 Å². The Bertz CT molecular complexity index is 474. The summed E-state index contributed by atoms with van der Waals surface area (Å²) in [6, 6.07) is 5.10. The number of nitrogen functional groups attached to an aromatic ring is 1. The van der Waals surface area contributed by atoms with Gasteiger partial charge in [-0.3, -0.25) is 9.69 Å². The summed E-state index contributed by atoms with van der Waals surface area (Å²) in [5.41, 5.74) is 6.88. The van der Waals surface area contributed by atoms with Crippen molar-refractivity contribution in [2.45, 2.75) is 26.2 Å². The Morgan fingerprint density at radius 3 is 2.90 bits per heavy atom. The van der Waals surface area contributed by atoms with E-state index in [4.69, 9.17) is 17.3 Å². The quantitative estimate of drug-likeness (QED) is 0.760. The largest absolute Gasteiger partial charge is 0.399 e. The number of nitrogens with one attached hydrogen (secondary N) is 1. The number of carbonyl (C=O) groups is 1. The van der Waals surface area contributed by atoms with Crippen molar-refractivity contribution in [3.8, 4) is 0 Å². The SMILES string of the molecule is CCCN(CC(=O)Nc1cc(N)ccc1Cl)CC1CC1. The van der Waals surface area contributed by atoms with E-state index in [0.29, 0.717) is 22.9 Å². The zero-order chi connectivity index (χ0) is 14.5. The highest BCUT2D eigenvalue weighted by atomic mass is 35.5. The summed E-state index contributed by atoms with van der Waals surface area (Å²) in [5, 5.41) is 3.35. The minimum atomic E-state index is -0.0356. The Labute approximate surface area is 125 Å². The number of nitrogens with zero attached hydrogens (tertiary/aromatic N) is 1. The second-order valence-corrected chi connectivity index (χ2v) is 5.87. The van der Waals surface area contributed by atoms with Gasteiger partial charge in [-0.05, 0) is 49.9 Å². The summed E-state index contributed by atoms with van der Waals surface area (Å²) >= 11 is 6.05. The molecule has 0 bridgehead atoms. The van der Waals surface area contributed by atoms with E-state index in [2.05, 4.69) is 17.1 Å². The predicted octanol–water partition coefficient (Wildman–Crippen LogP) is 2.98. The van der Waals surface area contributed by atoms with E-state index >= 15 is 0 Å². The highest BCUT2D eigenvalue weighted by molar-refractivity contribution is 6.33. The van der Waals surface area contributed by atoms with Gasteiger partial charge in [-0.1, -0.05) is 18.5 Å². The van der Waals surface area contributed by atoms with E-state index in [1.807, 2.05) is 0 Å². The summed E-state index contributed by atoms with van der Waals surface area (Å²) < 4.78 is 0. The second kappa shape index (κ2) is 6.95. The van der Waals surface area contributed by atoms with Crippen LogP contribution in [0.3, 0.4) is 0 Å². The van der Waals surface area contributed by atoms with Crippen molar-refractivity contribution in [1.29, 1.82) is 0 Å². The second-order valence-electron chi connectivity index (χ2n) is 5.47. The minimum Gasteiger partial charge on any atom is -0.399 e. The lowest BCUT2D eigenvalue weighted by Gasteiger charge is -2.21. The zero-order valence-electron chi connectivity index (χ0n) is 11.9. The fourth-order valence-electron chi connectivity index (χ4n) is 2.25. The van der Waals surface area contributed by atoms with Crippen molar-refractivity contribution in [3.63, 3.8) is 0 Å². The minimum absolute atomic E-state index is 0.0356. The molecule has 110 valence electrons. The maximum absolute atomic E-state index is 12.1. The highest BCUT2D eigenvalue weighted by Crippen LogP contribution is 2.29. The van der Waals surface area contributed by atoms with Crippen LogP contribution in [0, 0.1) is 5.92 Å². The van der Waals surface area contributed by atoms with E-state index in [-0.39, 0.29) is 5.91 Å². The number of rotatable bonds is 7. The molecule has 3 N–H and O–H groups in total. The van der Waals surface area contributed by atoms with Gasteiger partial charge >= 0.3 is 0 Å². The number of amides is 1. The van der Waals surface area contributed by atoms with Crippen LogP contribution in [0.2, 0.25) is 5.02 Å². The highest BCUT2D eigenvalue weighted by Gasteiger charge is 2.24. The Kier molecular flexibility index (Phi) is 5.26. The third-order valence-corrected chi connectivity index (χ3v) is 3.71. The molecule has 1 aliphatic rings. The molecule has 20 heavy (non-hydrogen) atoms. The summed E-state index contributed by atoms with van der Waals surface area (Å²) in [7, 11) is 0. The molecule has 0 heterocycles. The van der Waals surface area contributed by atoms with Crippen LogP contribution in [0.25, 0.3) is 0 Å². The topological polar surface area (TPSA) is 58.4 Å². The lowest BCUT2D eigenvalue weighted by atomic mass is 10.2. The number of nitrogens with two attached hydrogens (primary N) is 1. The Hall–Kier alpha value is -1.26. The van der Waals surface area contributed by atoms with Crippen molar-refractivity contribution < 1.29 is 4.79 Å². The first-order chi connectivity index (χ1) is 9.58. The van der Waals surface area contributed by atoms with E-state index in [1.165, 1.54) is 12.8 Å². The standard InChI is InChI=1S/C15H22ClN3O/c1-2-7-19(9-11-3-4-11)10-15(20)18-14-8-12(17)5-6-13(14)16/h5-6,8,11H,2-4,7,9-10,17H2,1H3,(H,18,20). The van der Waals surface area contributed by atoms with Crippen LogP contribution in [-0.2, 0) is 4.79 Å². The van der Waals surface area contributed by atoms with Crippen LogP contribution < -0.4 is 11.1 Å². The number of benzene rings is 1. The van der Waals surface area contributed by atoms with Crippen molar-refractivity contribution >= 4 is 28.9 Å². The molecule has 1 aliphatic carbocycles. The van der Waals surface area contributed by atoms with Crippen LogP contribution in [0.5, 0.6) is 0 Å². The fraction of sp³-hybridized carbons (Fsp3) is 0.533. The molecule has 0 radical (unpaired) electrons. The third-order valence-electron chi connectivity index (χ3n) is 3.38. The van der Waals surface area contributed by atoms with E-state index < -0.39 is 0 Å². The average Bonchev–Trinajstić information content (AvgIpc) is 3.18. The van der Waals surface area contributed by atoms with Gasteiger partial charge in [0.2, 0.25) is 5.91 Å².